The lowest BCUT2D eigenvalue weighted by Gasteiger charge is -2.19. The van der Waals surface area contributed by atoms with E-state index in [1.165, 1.54) is 4.57 Å². The van der Waals surface area contributed by atoms with Crippen LogP contribution in [0.25, 0.3) is 11.1 Å². The molecule has 104 valence electrons. The van der Waals surface area contributed by atoms with E-state index in [9.17, 15) is 9.90 Å². The second-order valence-corrected chi connectivity index (χ2v) is 6.03. The average Bonchev–Trinajstić information content (AvgIpc) is 2.67. The van der Waals surface area contributed by atoms with Crippen molar-refractivity contribution in [2.24, 2.45) is 0 Å². The first kappa shape index (κ1) is 14.2. The molecule has 0 amide bonds. The Labute approximate surface area is 116 Å². The van der Waals surface area contributed by atoms with Gasteiger partial charge in [-0.25, -0.2) is 4.79 Å². The molecule has 0 fully saturated rings. The van der Waals surface area contributed by atoms with Crippen molar-refractivity contribution in [3.8, 4) is 0 Å². The normalized spacial score (nSPS) is 14.9. The fourth-order valence-electron chi connectivity index (χ4n) is 2.13. The highest BCUT2D eigenvalue weighted by Gasteiger charge is 2.21. The Morgan fingerprint density at radius 2 is 2.21 bits per heavy atom. The third-order valence-electron chi connectivity index (χ3n) is 2.86. The predicted molar refractivity (Wildman–Crippen MR) is 74.2 cm³/mol. The van der Waals surface area contributed by atoms with Gasteiger partial charge in [0.2, 0.25) is 0 Å². The SMILES string of the molecule is CC(C)(C)OC(=O)n1cc(CO)c2c1=CCCC=2Cl. The number of halogens is 1. The molecule has 1 aromatic heterocycles. The van der Waals surface area contributed by atoms with Crippen LogP contribution < -0.4 is 10.6 Å². The van der Waals surface area contributed by atoms with Gasteiger partial charge in [0.05, 0.1) is 12.0 Å². The zero-order valence-corrected chi connectivity index (χ0v) is 12.1. The molecule has 0 spiro atoms. The average molecular weight is 284 g/mol. The van der Waals surface area contributed by atoms with Crippen molar-refractivity contribution in [1.29, 1.82) is 0 Å². The Hall–Kier alpha value is -1.26. The molecule has 0 radical (unpaired) electrons. The van der Waals surface area contributed by atoms with Crippen molar-refractivity contribution < 1.29 is 14.6 Å². The molecule has 0 aliphatic heterocycles. The summed E-state index contributed by atoms with van der Waals surface area (Å²) in [5, 5.41) is 11.6. The number of hydrogen-bond acceptors (Lipinski definition) is 3. The predicted octanol–water partition coefficient (Wildman–Crippen LogP) is 1.68. The van der Waals surface area contributed by atoms with Crippen molar-refractivity contribution in [3.05, 3.63) is 22.3 Å². The summed E-state index contributed by atoms with van der Waals surface area (Å²) in [6, 6.07) is 0. The third kappa shape index (κ3) is 2.85. The Morgan fingerprint density at radius 3 is 2.79 bits per heavy atom. The van der Waals surface area contributed by atoms with Crippen LogP contribution in [-0.2, 0) is 11.3 Å². The second kappa shape index (κ2) is 5.02. The van der Waals surface area contributed by atoms with Gasteiger partial charge in [0.15, 0.2) is 0 Å². The topological polar surface area (TPSA) is 51.5 Å². The molecule has 1 aliphatic rings. The summed E-state index contributed by atoms with van der Waals surface area (Å²) in [6.07, 6.45) is 4.61. The molecule has 2 rings (SSSR count). The van der Waals surface area contributed by atoms with E-state index >= 15 is 0 Å². The Kier molecular flexibility index (Phi) is 3.74. The van der Waals surface area contributed by atoms with Gasteiger partial charge >= 0.3 is 6.09 Å². The number of carbonyl (C=O) groups excluding carboxylic acids is 1. The highest BCUT2D eigenvalue weighted by atomic mass is 35.5. The zero-order chi connectivity index (χ0) is 14.2. The minimum atomic E-state index is -0.560. The van der Waals surface area contributed by atoms with Crippen molar-refractivity contribution >= 4 is 28.8 Å². The maximum Gasteiger partial charge on any atom is 0.418 e. The molecule has 0 saturated heterocycles. The lowest BCUT2D eigenvalue weighted by molar-refractivity contribution is 0.0532. The van der Waals surface area contributed by atoms with Crippen LogP contribution >= 0.6 is 11.6 Å². The molecule has 0 bridgehead atoms. The first-order valence-corrected chi connectivity index (χ1v) is 6.64. The Bertz CT molecular complexity index is 622. The summed E-state index contributed by atoms with van der Waals surface area (Å²) in [5.74, 6) is 0. The molecule has 0 atom stereocenters. The number of rotatable bonds is 1. The van der Waals surface area contributed by atoms with Crippen molar-refractivity contribution in [3.63, 3.8) is 0 Å². The van der Waals surface area contributed by atoms with Gasteiger partial charge in [0.25, 0.3) is 0 Å². The molecule has 1 aromatic rings. The molecule has 0 unspecified atom stereocenters. The number of aliphatic hydroxyl groups is 1. The van der Waals surface area contributed by atoms with Gasteiger partial charge in [-0.05, 0) is 33.6 Å². The molecule has 1 N–H and O–H groups in total. The smallest absolute Gasteiger partial charge is 0.418 e. The van der Waals surface area contributed by atoms with Crippen LogP contribution in [0.5, 0.6) is 0 Å². The summed E-state index contributed by atoms with van der Waals surface area (Å²) >= 11 is 6.20. The third-order valence-corrected chi connectivity index (χ3v) is 3.23. The van der Waals surface area contributed by atoms with Crippen molar-refractivity contribution in [2.75, 3.05) is 0 Å². The molecule has 1 heterocycles. The van der Waals surface area contributed by atoms with Crippen LogP contribution in [0.4, 0.5) is 4.79 Å². The maximum absolute atomic E-state index is 12.2. The van der Waals surface area contributed by atoms with Crippen molar-refractivity contribution in [2.45, 2.75) is 45.8 Å². The summed E-state index contributed by atoms with van der Waals surface area (Å²) in [7, 11) is 0. The first-order chi connectivity index (χ1) is 8.83. The van der Waals surface area contributed by atoms with E-state index < -0.39 is 11.7 Å². The monoisotopic (exact) mass is 283 g/mol. The molecular formula is C14H18ClNO3. The minimum Gasteiger partial charge on any atom is -0.443 e. The van der Waals surface area contributed by atoms with E-state index in [0.717, 1.165) is 23.4 Å². The van der Waals surface area contributed by atoms with Gasteiger partial charge in [-0.15, -0.1) is 0 Å². The van der Waals surface area contributed by atoms with E-state index in [0.29, 0.717) is 10.6 Å². The summed E-state index contributed by atoms with van der Waals surface area (Å²) in [6.45, 7) is 5.30. The van der Waals surface area contributed by atoms with E-state index in [1.807, 2.05) is 26.8 Å². The number of aliphatic hydroxyl groups excluding tert-OH is 1. The van der Waals surface area contributed by atoms with E-state index in [4.69, 9.17) is 16.3 Å². The van der Waals surface area contributed by atoms with Crippen molar-refractivity contribution in [1.82, 2.24) is 4.57 Å². The minimum absolute atomic E-state index is 0.151. The molecule has 5 heteroatoms. The standard InChI is InChI=1S/C14H18ClNO3/c1-14(2,3)19-13(18)16-7-9(8-17)12-10(15)5-4-6-11(12)16/h6-7,17H,4-5,8H2,1-3H3. The number of fused-ring (bicyclic) bond motifs is 1. The van der Waals surface area contributed by atoms with E-state index in [2.05, 4.69) is 0 Å². The highest BCUT2D eigenvalue weighted by molar-refractivity contribution is 6.45. The lowest BCUT2D eigenvalue weighted by Crippen LogP contribution is -2.38. The van der Waals surface area contributed by atoms with Crippen LogP contribution in [0.3, 0.4) is 0 Å². The quantitative estimate of drug-likeness (QED) is 0.853. The van der Waals surface area contributed by atoms with E-state index in [-0.39, 0.29) is 6.61 Å². The van der Waals surface area contributed by atoms with Crippen LogP contribution in [0.15, 0.2) is 6.20 Å². The van der Waals surface area contributed by atoms with Crippen LogP contribution in [-0.4, -0.2) is 21.4 Å². The van der Waals surface area contributed by atoms with Gasteiger partial charge in [-0.2, -0.15) is 0 Å². The number of carbonyl (C=O) groups is 1. The molecule has 1 aliphatic carbocycles. The number of aromatic nitrogens is 1. The van der Waals surface area contributed by atoms with Gasteiger partial charge < -0.3 is 9.84 Å². The van der Waals surface area contributed by atoms with Crippen LogP contribution in [0.2, 0.25) is 0 Å². The largest absolute Gasteiger partial charge is 0.443 e. The Balaban J connectivity index is 2.56. The fraction of sp³-hybridized carbons (Fsp3) is 0.500. The van der Waals surface area contributed by atoms with Gasteiger partial charge in [0, 0.05) is 22.0 Å². The van der Waals surface area contributed by atoms with Gasteiger partial charge in [-0.3, -0.25) is 4.57 Å². The van der Waals surface area contributed by atoms with Gasteiger partial charge in [-0.1, -0.05) is 17.7 Å². The van der Waals surface area contributed by atoms with Crippen LogP contribution in [0.1, 0.15) is 39.2 Å². The van der Waals surface area contributed by atoms with Crippen LogP contribution in [0, 0.1) is 0 Å². The molecular weight excluding hydrogens is 266 g/mol. The molecule has 19 heavy (non-hydrogen) atoms. The number of nitrogens with zero attached hydrogens (tertiary/aromatic N) is 1. The molecule has 0 saturated carbocycles. The zero-order valence-electron chi connectivity index (χ0n) is 11.4. The maximum atomic E-state index is 12.2. The number of hydrogen-bond donors (Lipinski definition) is 1. The molecule has 0 aromatic carbocycles. The summed E-state index contributed by atoms with van der Waals surface area (Å²) in [5.41, 5.74) is 0.0947. The summed E-state index contributed by atoms with van der Waals surface area (Å²) in [4.78, 5) is 12.2. The number of ether oxygens (including phenoxy) is 1. The fourth-order valence-corrected chi connectivity index (χ4v) is 2.46. The summed E-state index contributed by atoms with van der Waals surface area (Å²) < 4.78 is 6.78. The molecule has 4 nitrogen and oxygen atoms in total. The van der Waals surface area contributed by atoms with E-state index in [1.54, 1.807) is 6.20 Å². The Morgan fingerprint density at radius 1 is 1.53 bits per heavy atom. The lowest BCUT2D eigenvalue weighted by atomic mass is 10.1. The van der Waals surface area contributed by atoms with Gasteiger partial charge in [0.1, 0.15) is 5.60 Å². The second-order valence-electron chi connectivity index (χ2n) is 5.57. The first-order valence-electron chi connectivity index (χ1n) is 6.27. The highest BCUT2D eigenvalue weighted by Crippen LogP contribution is 2.14.